The molecule has 0 aromatic heterocycles. The third-order valence-corrected chi connectivity index (χ3v) is 4.42. The predicted molar refractivity (Wildman–Crippen MR) is 84.1 cm³/mol. The smallest absolute Gasteiger partial charge is 0.241 e. The number of amides is 2. The van der Waals surface area contributed by atoms with Crippen LogP contribution >= 0.6 is 0 Å². The Balaban J connectivity index is 1.62. The fraction of sp³-hybridized carbons (Fsp3) is 0.500. The Morgan fingerprint density at radius 3 is 2.91 bits per heavy atom. The average Bonchev–Trinajstić information content (AvgIpc) is 3.01. The molecule has 0 aliphatic carbocycles. The molecule has 2 amide bonds. The predicted octanol–water partition coefficient (Wildman–Crippen LogP) is 0.940. The van der Waals surface area contributed by atoms with Gasteiger partial charge in [-0.1, -0.05) is 0 Å². The Labute approximate surface area is 134 Å². The van der Waals surface area contributed by atoms with Crippen molar-refractivity contribution in [3.63, 3.8) is 0 Å². The second-order valence-corrected chi connectivity index (χ2v) is 5.97. The molecule has 1 saturated heterocycles. The maximum Gasteiger partial charge on any atom is 0.241 e. The molecule has 7 nitrogen and oxygen atoms in total. The van der Waals surface area contributed by atoms with Crippen molar-refractivity contribution >= 4 is 17.5 Å². The molecule has 1 fully saturated rings. The van der Waals surface area contributed by atoms with Gasteiger partial charge in [0.1, 0.15) is 0 Å². The number of benzene rings is 1. The van der Waals surface area contributed by atoms with Gasteiger partial charge in [0.2, 0.25) is 18.6 Å². The maximum absolute atomic E-state index is 12.4. The van der Waals surface area contributed by atoms with E-state index in [1.54, 1.807) is 18.2 Å². The van der Waals surface area contributed by atoms with Gasteiger partial charge in [0.05, 0.1) is 12.0 Å². The Morgan fingerprint density at radius 2 is 2.13 bits per heavy atom. The highest BCUT2D eigenvalue weighted by Crippen LogP contribution is 2.34. The van der Waals surface area contributed by atoms with Crippen molar-refractivity contribution in [1.29, 1.82) is 0 Å². The molecule has 7 heteroatoms. The minimum Gasteiger partial charge on any atom is -0.454 e. The van der Waals surface area contributed by atoms with E-state index >= 15 is 0 Å². The molecule has 2 aliphatic rings. The maximum atomic E-state index is 12.4. The zero-order chi connectivity index (χ0) is 16.4. The van der Waals surface area contributed by atoms with Crippen molar-refractivity contribution in [1.82, 2.24) is 4.90 Å². The van der Waals surface area contributed by atoms with E-state index in [-0.39, 0.29) is 30.6 Å². The van der Waals surface area contributed by atoms with Crippen molar-refractivity contribution in [2.24, 2.45) is 11.7 Å². The van der Waals surface area contributed by atoms with Crippen molar-refractivity contribution in [2.75, 3.05) is 25.2 Å². The number of ether oxygens (including phenoxy) is 2. The van der Waals surface area contributed by atoms with Gasteiger partial charge < -0.3 is 20.5 Å². The van der Waals surface area contributed by atoms with Crippen LogP contribution in [-0.2, 0) is 9.59 Å². The molecule has 3 N–H and O–H groups in total. The number of anilines is 1. The zero-order valence-corrected chi connectivity index (χ0v) is 13.1. The van der Waals surface area contributed by atoms with E-state index in [4.69, 9.17) is 15.2 Å². The number of carbonyl (C=O) groups excluding carboxylic acids is 2. The molecule has 124 valence electrons. The second-order valence-electron chi connectivity index (χ2n) is 5.97. The van der Waals surface area contributed by atoms with E-state index in [2.05, 4.69) is 5.32 Å². The second kappa shape index (κ2) is 6.45. The quantitative estimate of drug-likeness (QED) is 0.861. The van der Waals surface area contributed by atoms with Gasteiger partial charge in [-0.15, -0.1) is 0 Å². The van der Waals surface area contributed by atoms with Crippen LogP contribution in [0.1, 0.15) is 19.8 Å². The van der Waals surface area contributed by atoms with Gasteiger partial charge in [0.15, 0.2) is 11.5 Å². The number of piperidine rings is 1. The van der Waals surface area contributed by atoms with Gasteiger partial charge in [-0.3, -0.25) is 14.5 Å². The first-order valence-corrected chi connectivity index (χ1v) is 7.78. The van der Waals surface area contributed by atoms with Gasteiger partial charge in [-0.2, -0.15) is 0 Å². The average molecular weight is 319 g/mol. The van der Waals surface area contributed by atoms with E-state index in [0.717, 1.165) is 19.4 Å². The summed E-state index contributed by atoms with van der Waals surface area (Å²) in [6.45, 7) is 3.36. The third kappa shape index (κ3) is 3.39. The summed E-state index contributed by atoms with van der Waals surface area (Å²) < 4.78 is 10.6. The molecule has 2 atom stereocenters. The number of fused-ring (bicyclic) bond motifs is 1. The number of likely N-dealkylation sites (tertiary alicyclic amines) is 1. The lowest BCUT2D eigenvalue weighted by atomic mass is 9.96. The topological polar surface area (TPSA) is 93.9 Å². The molecule has 1 aromatic rings. The number of rotatable bonds is 4. The Morgan fingerprint density at radius 1 is 1.35 bits per heavy atom. The number of hydrogen-bond donors (Lipinski definition) is 2. The summed E-state index contributed by atoms with van der Waals surface area (Å²) >= 11 is 0. The van der Waals surface area contributed by atoms with Crippen molar-refractivity contribution in [2.45, 2.75) is 25.8 Å². The fourth-order valence-electron chi connectivity index (χ4n) is 2.98. The van der Waals surface area contributed by atoms with E-state index in [1.807, 2.05) is 11.8 Å². The van der Waals surface area contributed by atoms with E-state index in [0.29, 0.717) is 23.7 Å². The van der Waals surface area contributed by atoms with Crippen LogP contribution in [0.4, 0.5) is 5.69 Å². The number of nitrogens with zero attached hydrogens (tertiary/aromatic N) is 1. The highest BCUT2D eigenvalue weighted by atomic mass is 16.7. The van der Waals surface area contributed by atoms with Gasteiger partial charge >= 0.3 is 0 Å². The molecule has 0 radical (unpaired) electrons. The fourth-order valence-corrected chi connectivity index (χ4v) is 2.98. The van der Waals surface area contributed by atoms with Gasteiger partial charge in [-0.05, 0) is 38.4 Å². The van der Waals surface area contributed by atoms with E-state index in [1.165, 1.54) is 0 Å². The molecule has 1 aromatic carbocycles. The molecule has 3 rings (SSSR count). The summed E-state index contributed by atoms with van der Waals surface area (Å²) in [7, 11) is 0. The number of hydrogen-bond acceptors (Lipinski definition) is 5. The largest absolute Gasteiger partial charge is 0.454 e. The standard InChI is InChI=1S/C16H21N3O4/c1-10(19-6-2-3-11(8-19)15(17)20)16(21)18-12-4-5-13-14(7-12)23-9-22-13/h4-5,7,10-11H,2-3,6,8-9H2,1H3,(H2,17,20)(H,18,21)/t10-,11+/m1/s1. The highest BCUT2D eigenvalue weighted by Gasteiger charge is 2.30. The lowest BCUT2D eigenvalue weighted by molar-refractivity contribution is -0.127. The minimum atomic E-state index is -0.331. The molecule has 0 unspecified atom stereocenters. The lowest BCUT2D eigenvalue weighted by Crippen LogP contribution is -2.49. The number of nitrogens with one attached hydrogen (secondary N) is 1. The van der Waals surface area contributed by atoms with Crippen molar-refractivity contribution < 1.29 is 19.1 Å². The molecule has 0 saturated carbocycles. The monoisotopic (exact) mass is 319 g/mol. The van der Waals surface area contributed by atoms with Crippen LogP contribution in [0.2, 0.25) is 0 Å². The van der Waals surface area contributed by atoms with Gasteiger partial charge in [-0.25, -0.2) is 0 Å². The number of primary amides is 1. The first-order valence-electron chi connectivity index (χ1n) is 7.78. The summed E-state index contributed by atoms with van der Waals surface area (Å²) in [5.41, 5.74) is 6.05. The molecule has 0 bridgehead atoms. The Bertz CT molecular complexity index is 619. The summed E-state index contributed by atoms with van der Waals surface area (Å²) in [5, 5.41) is 2.88. The normalized spacial score (nSPS) is 21.7. The van der Waals surface area contributed by atoms with Gasteiger partial charge in [0.25, 0.3) is 0 Å². The molecule has 0 spiro atoms. The van der Waals surface area contributed by atoms with Crippen LogP contribution in [-0.4, -0.2) is 42.6 Å². The van der Waals surface area contributed by atoms with E-state index < -0.39 is 0 Å². The third-order valence-electron chi connectivity index (χ3n) is 4.42. The van der Waals surface area contributed by atoms with Gasteiger partial charge in [0, 0.05) is 18.3 Å². The first-order chi connectivity index (χ1) is 11.0. The molecule has 23 heavy (non-hydrogen) atoms. The Hall–Kier alpha value is -2.28. The molecular formula is C16H21N3O4. The SMILES string of the molecule is C[C@H](C(=O)Nc1ccc2c(c1)OCO2)N1CCC[C@H](C(N)=O)C1. The molecular weight excluding hydrogens is 298 g/mol. The van der Waals surface area contributed by atoms with Crippen molar-refractivity contribution in [3.8, 4) is 11.5 Å². The van der Waals surface area contributed by atoms with Crippen LogP contribution in [0, 0.1) is 5.92 Å². The highest BCUT2D eigenvalue weighted by molar-refractivity contribution is 5.95. The molecule has 2 aliphatic heterocycles. The zero-order valence-electron chi connectivity index (χ0n) is 13.1. The summed E-state index contributed by atoms with van der Waals surface area (Å²) in [4.78, 5) is 25.8. The van der Waals surface area contributed by atoms with Crippen molar-refractivity contribution in [3.05, 3.63) is 18.2 Å². The number of nitrogens with two attached hydrogens (primary N) is 1. The van der Waals surface area contributed by atoms with Crippen LogP contribution in [0.3, 0.4) is 0 Å². The van der Waals surface area contributed by atoms with Crippen LogP contribution in [0.15, 0.2) is 18.2 Å². The van der Waals surface area contributed by atoms with Crippen LogP contribution < -0.4 is 20.5 Å². The van der Waals surface area contributed by atoms with Crippen LogP contribution in [0.25, 0.3) is 0 Å². The molecule has 2 heterocycles. The first kappa shape index (κ1) is 15.6. The van der Waals surface area contributed by atoms with E-state index in [9.17, 15) is 9.59 Å². The summed E-state index contributed by atoms with van der Waals surface area (Å²) in [6.07, 6.45) is 1.66. The lowest BCUT2D eigenvalue weighted by Gasteiger charge is -2.34. The summed E-state index contributed by atoms with van der Waals surface area (Å²) in [5.74, 6) is 0.718. The summed E-state index contributed by atoms with van der Waals surface area (Å²) in [6, 6.07) is 4.96. The minimum absolute atomic E-state index is 0.117. The number of carbonyl (C=O) groups is 2. The van der Waals surface area contributed by atoms with Crippen LogP contribution in [0.5, 0.6) is 11.5 Å². The Kier molecular flexibility index (Phi) is 4.38.